The molecule has 1 aromatic carbocycles. The maximum atomic E-state index is 5.69. The third kappa shape index (κ3) is 2.08. The number of rotatable bonds is 2. The summed E-state index contributed by atoms with van der Waals surface area (Å²) in [7, 11) is 0. The van der Waals surface area contributed by atoms with Gasteiger partial charge >= 0.3 is 0 Å². The van der Waals surface area contributed by atoms with Gasteiger partial charge in [0.1, 0.15) is 5.52 Å². The molecule has 16 heavy (non-hydrogen) atoms. The monoisotopic (exact) mass is 234 g/mol. The van der Waals surface area contributed by atoms with E-state index in [2.05, 4.69) is 10.3 Å². The smallest absolute Gasteiger partial charge is 0.257 e. The molecule has 2 aromatic rings. The Balaban J connectivity index is 1.78. The number of para-hydroxylation sites is 2. The van der Waals surface area contributed by atoms with Gasteiger partial charge < -0.3 is 9.73 Å². The van der Waals surface area contributed by atoms with Crippen LogP contribution in [0.4, 0.5) is 0 Å². The van der Waals surface area contributed by atoms with Crippen molar-refractivity contribution in [2.24, 2.45) is 0 Å². The molecule has 3 rings (SSSR count). The van der Waals surface area contributed by atoms with Crippen LogP contribution in [0, 0.1) is 0 Å². The number of aromatic nitrogens is 1. The molecule has 3 nitrogen and oxygen atoms in total. The zero-order valence-electron chi connectivity index (χ0n) is 8.98. The molecule has 0 saturated carbocycles. The number of benzene rings is 1. The van der Waals surface area contributed by atoms with E-state index in [1.165, 1.54) is 12.8 Å². The van der Waals surface area contributed by atoms with E-state index in [1.807, 2.05) is 24.3 Å². The molecular weight excluding hydrogens is 220 g/mol. The van der Waals surface area contributed by atoms with E-state index in [0.717, 1.165) is 29.4 Å². The van der Waals surface area contributed by atoms with E-state index < -0.39 is 0 Å². The fourth-order valence-corrected chi connectivity index (χ4v) is 3.02. The molecular formula is C12H14N2OS. The number of fused-ring (bicyclic) bond motifs is 1. The van der Waals surface area contributed by atoms with Crippen LogP contribution in [0.15, 0.2) is 33.9 Å². The Bertz CT molecular complexity index is 444. The highest BCUT2D eigenvalue weighted by molar-refractivity contribution is 7.99. The fraction of sp³-hybridized carbons (Fsp3) is 0.417. The molecule has 0 amide bonds. The number of hydrogen-bond donors (Lipinski definition) is 1. The average Bonchev–Trinajstić information content (AvgIpc) is 2.72. The van der Waals surface area contributed by atoms with E-state index in [9.17, 15) is 0 Å². The van der Waals surface area contributed by atoms with Crippen molar-refractivity contribution in [3.05, 3.63) is 24.3 Å². The van der Waals surface area contributed by atoms with Crippen molar-refractivity contribution >= 4 is 22.9 Å². The molecule has 1 saturated heterocycles. The van der Waals surface area contributed by atoms with Crippen LogP contribution in [0.1, 0.15) is 12.8 Å². The molecule has 1 aliphatic rings. The number of oxazole rings is 1. The lowest BCUT2D eigenvalue weighted by Gasteiger charge is -2.20. The summed E-state index contributed by atoms with van der Waals surface area (Å²) >= 11 is 1.75. The van der Waals surface area contributed by atoms with Gasteiger partial charge in [-0.3, -0.25) is 0 Å². The lowest BCUT2D eigenvalue weighted by molar-refractivity contribution is 0.480. The Morgan fingerprint density at radius 2 is 2.31 bits per heavy atom. The highest BCUT2D eigenvalue weighted by Gasteiger charge is 2.17. The molecule has 4 heteroatoms. The van der Waals surface area contributed by atoms with Crippen LogP contribution in [0.5, 0.6) is 0 Å². The van der Waals surface area contributed by atoms with Gasteiger partial charge in [0.2, 0.25) is 0 Å². The third-order valence-electron chi connectivity index (χ3n) is 2.79. The summed E-state index contributed by atoms with van der Waals surface area (Å²) in [5.74, 6) is 0. The van der Waals surface area contributed by atoms with Gasteiger partial charge in [-0.25, -0.2) is 4.98 Å². The predicted molar refractivity (Wildman–Crippen MR) is 65.8 cm³/mol. The molecule has 1 atom stereocenters. The van der Waals surface area contributed by atoms with Crippen molar-refractivity contribution in [3.63, 3.8) is 0 Å². The minimum absolute atomic E-state index is 0.599. The van der Waals surface area contributed by atoms with Gasteiger partial charge in [-0.15, -0.1) is 0 Å². The van der Waals surface area contributed by atoms with Crippen LogP contribution in [0.25, 0.3) is 11.1 Å². The second-order valence-corrected chi connectivity index (χ2v) is 5.29. The van der Waals surface area contributed by atoms with Gasteiger partial charge in [-0.1, -0.05) is 23.9 Å². The van der Waals surface area contributed by atoms with E-state index >= 15 is 0 Å². The summed E-state index contributed by atoms with van der Waals surface area (Å²) in [6.45, 7) is 2.20. The first-order valence-corrected chi connectivity index (χ1v) is 6.53. The maximum Gasteiger partial charge on any atom is 0.257 e. The van der Waals surface area contributed by atoms with Crippen molar-refractivity contribution in [2.75, 3.05) is 13.1 Å². The average molecular weight is 234 g/mol. The van der Waals surface area contributed by atoms with Gasteiger partial charge in [0.25, 0.3) is 5.22 Å². The van der Waals surface area contributed by atoms with Crippen LogP contribution in [-0.4, -0.2) is 23.3 Å². The highest BCUT2D eigenvalue weighted by Crippen LogP contribution is 2.29. The zero-order chi connectivity index (χ0) is 10.8. The lowest BCUT2D eigenvalue weighted by Crippen LogP contribution is -2.31. The van der Waals surface area contributed by atoms with Crippen LogP contribution in [0.3, 0.4) is 0 Å². The number of hydrogen-bond acceptors (Lipinski definition) is 4. The Morgan fingerprint density at radius 3 is 3.12 bits per heavy atom. The topological polar surface area (TPSA) is 38.1 Å². The first kappa shape index (κ1) is 10.2. The molecule has 1 aromatic heterocycles. The van der Waals surface area contributed by atoms with Crippen molar-refractivity contribution in [2.45, 2.75) is 23.3 Å². The molecule has 0 spiro atoms. The largest absolute Gasteiger partial charge is 0.431 e. The van der Waals surface area contributed by atoms with Crippen molar-refractivity contribution in [1.29, 1.82) is 0 Å². The van der Waals surface area contributed by atoms with Crippen molar-refractivity contribution in [1.82, 2.24) is 10.3 Å². The predicted octanol–water partition coefficient (Wildman–Crippen LogP) is 2.67. The lowest BCUT2D eigenvalue weighted by atomic mass is 10.2. The van der Waals surface area contributed by atoms with Crippen LogP contribution < -0.4 is 5.32 Å². The van der Waals surface area contributed by atoms with E-state index in [-0.39, 0.29) is 0 Å². The summed E-state index contributed by atoms with van der Waals surface area (Å²) < 4.78 is 5.69. The molecule has 84 valence electrons. The third-order valence-corrected chi connectivity index (χ3v) is 3.91. The summed E-state index contributed by atoms with van der Waals surface area (Å²) in [4.78, 5) is 4.48. The zero-order valence-corrected chi connectivity index (χ0v) is 9.80. The molecule has 0 unspecified atom stereocenters. The van der Waals surface area contributed by atoms with E-state index in [0.29, 0.717) is 5.25 Å². The normalized spacial score (nSPS) is 21.4. The van der Waals surface area contributed by atoms with Crippen LogP contribution >= 0.6 is 11.8 Å². The Labute approximate surface area is 98.6 Å². The summed E-state index contributed by atoms with van der Waals surface area (Å²) in [6, 6.07) is 7.92. The van der Waals surface area contributed by atoms with Crippen LogP contribution in [-0.2, 0) is 0 Å². The minimum Gasteiger partial charge on any atom is -0.431 e. The Hall–Kier alpha value is -1.00. The maximum absolute atomic E-state index is 5.69. The minimum atomic E-state index is 0.599. The first-order valence-electron chi connectivity index (χ1n) is 5.65. The Kier molecular flexibility index (Phi) is 2.84. The van der Waals surface area contributed by atoms with Gasteiger partial charge in [-0.05, 0) is 31.5 Å². The van der Waals surface area contributed by atoms with E-state index in [1.54, 1.807) is 11.8 Å². The second-order valence-electron chi connectivity index (χ2n) is 4.03. The summed E-state index contributed by atoms with van der Waals surface area (Å²) in [5.41, 5.74) is 1.84. The quantitative estimate of drug-likeness (QED) is 0.867. The summed E-state index contributed by atoms with van der Waals surface area (Å²) in [6.07, 6.45) is 2.49. The Morgan fingerprint density at radius 1 is 1.38 bits per heavy atom. The number of nitrogens with zero attached hydrogens (tertiary/aromatic N) is 1. The van der Waals surface area contributed by atoms with Gasteiger partial charge in [0.15, 0.2) is 5.58 Å². The van der Waals surface area contributed by atoms with Crippen LogP contribution in [0.2, 0.25) is 0 Å². The van der Waals surface area contributed by atoms with Gasteiger partial charge in [-0.2, -0.15) is 0 Å². The van der Waals surface area contributed by atoms with Gasteiger partial charge in [0, 0.05) is 11.8 Å². The summed E-state index contributed by atoms with van der Waals surface area (Å²) in [5, 5.41) is 4.80. The molecule has 0 aliphatic carbocycles. The number of piperidine rings is 1. The van der Waals surface area contributed by atoms with Crippen molar-refractivity contribution < 1.29 is 4.42 Å². The molecule has 1 aliphatic heterocycles. The molecule has 1 N–H and O–H groups in total. The second kappa shape index (κ2) is 4.47. The van der Waals surface area contributed by atoms with E-state index in [4.69, 9.17) is 4.42 Å². The highest BCUT2D eigenvalue weighted by atomic mass is 32.2. The number of nitrogens with one attached hydrogen (secondary N) is 1. The fourth-order valence-electron chi connectivity index (χ4n) is 1.96. The first-order chi connectivity index (χ1) is 7.92. The molecule has 1 fully saturated rings. The molecule has 0 radical (unpaired) electrons. The van der Waals surface area contributed by atoms with Crippen molar-refractivity contribution in [3.8, 4) is 0 Å². The standard InChI is InChI=1S/C12H14N2OS/c1-2-6-11-10(5-1)14-12(15-11)16-9-4-3-7-13-8-9/h1-2,5-6,9,13H,3-4,7-8H2/t9-/m0/s1. The molecule has 0 bridgehead atoms. The molecule has 2 heterocycles. The number of thioether (sulfide) groups is 1. The SMILES string of the molecule is c1ccc2oc(S[C@H]3CCCNC3)nc2c1. The van der Waals surface area contributed by atoms with Gasteiger partial charge in [0.05, 0.1) is 0 Å².